The third kappa shape index (κ3) is 5.47. The number of nitrogens with zero attached hydrogens (tertiary/aromatic N) is 3. The molecule has 5 nitrogen and oxygen atoms in total. The Morgan fingerprint density at radius 1 is 0.917 bits per heavy atom. The molecule has 1 aromatic heterocycles. The fraction of sp³-hybridized carbons (Fsp3) is 0.226. The number of carbonyl (C=O) groups excluding carboxylic acids is 1. The number of fused-ring (bicyclic) bond motifs is 1. The lowest BCUT2D eigenvalue weighted by molar-refractivity contribution is -0.125. The molecular weight excluding hydrogens is 446 g/mol. The Morgan fingerprint density at radius 3 is 2.33 bits per heavy atom. The third-order valence-corrected chi connectivity index (χ3v) is 6.41. The van der Waals surface area contributed by atoms with Crippen LogP contribution in [0.2, 0.25) is 0 Å². The molecule has 0 N–H and O–H groups in total. The number of amides is 1. The highest BCUT2D eigenvalue weighted by molar-refractivity contribution is 6.24. The molecule has 0 saturated heterocycles. The number of aromatic nitrogens is 2. The fourth-order valence-electron chi connectivity index (χ4n) is 4.84. The van der Waals surface area contributed by atoms with Crippen LogP contribution in [0.15, 0.2) is 85.2 Å². The first-order chi connectivity index (χ1) is 17.6. The van der Waals surface area contributed by atoms with Gasteiger partial charge < -0.3 is 14.2 Å². The van der Waals surface area contributed by atoms with Crippen molar-refractivity contribution in [1.82, 2.24) is 14.5 Å². The van der Waals surface area contributed by atoms with Gasteiger partial charge in [0.25, 0.3) is 5.91 Å². The van der Waals surface area contributed by atoms with Crippen LogP contribution in [-0.2, 0) is 35.8 Å². The lowest BCUT2D eigenvalue weighted by Crippen LogP contribution is -2.31. The van der Waals surface area contributed by atoms with E-state index < -0.39 is 0 Å². The number of aryl methyl sites for hydroxylation is 2. The van der Waals surface area contributed by atoms with E-state index >= 15 is 0 Å². The fourth-order valence-corrected chi connectivity index (χ4v) is 4.84. The molecule has 0 spiro atoms. The summed E-state index contributed by atoms with van der Waals surface area (Å²) in [6, 6.07) is 26.6. The number of carbonyl (C=O) groups is 1. The van der Waals surface area contributed by atoms with Gasteiger partial charge in [-0.1, -0.05) is 90.0 Å². The molecule has 36 heavy (non-hydrogen) atoms. The van der Waals surface area contributed by atoms with Crippen LogP contribution >= 0.6 is 0 Å². The van der Waals surface area contributed by atoms with E-state index in [1.54, 1.807) is 6.33 Å². The largest absolute Gasteiger partial charge is 0.356 e. The molecule has 1 amide bonds. The number of rotatable bonds is 7. The molecule has 1 aliphatic heterocycles. The predicted molar refractivity (Wildman–Crippen MR) is 143 cm³/mol. The van der Waals surface area contributed by atoms with E-state index in [-0.39, 0.29) is 5.91 Å². The molecule has 0 atom stereocenters. The van der Waals surface area contributed by atoms with Crippen molar-refractivity contribution in [2.45, 2.75) is 40.2 Å². The van der Waals surface area contributed by atoms with E-state index in [9.17, 15) is 4.79 Å². The van der Waals surface area contributed by atoms with Gasteiger partial charge >= 0.3 is 0 Å². The van der Waals surface area contributed by atoms with Gasteiger partial charge in [-0.15, -0.1) is 0 Å². The van der Waals surface area contributed by atoms with Crippen molar-refractivity contribution in [2.24, 2.45) is 0 Å². The van der Waals surface area contributed by atoms with Crippen molar-refractivity contribution in [2.75, 3.05) is 6.54 Å². The molecule has 0 fully saturated rings. The second-order valence-electron chi connectivity index (χ2n) is 9.41. The van der Waals surface area contributed by atoms with Crippen LogP contribution in [0.3, 0.4) is 0 Å². The highest BCUT2D eigenvalue weighted by Gasteiger charge is 2.29. The molecular formula is C31H31N3O2. The van der Waals surface area contributed by atoms with Crippen molar-refractivity contribution in [3.63, 3.8) is 0 Å². The summed E-state index contributed by atoms with van der Waals surface area (Å²) in [4.78, 5) is 20.7. The van der Waals surface area contributed by atoms with Gasteiger partial charge in [-0.25, -0.2) is 4.98 Å². The van der Waals surface area contributed by atoms with Crippen molar-refractivity contribution in [3.05, 3.63) is 124 Å². The number of benzene rings is 3. The Morgan fingerprint density at radius 2 is 1.61 bits per heavy atom. The van der Waals surface area contributed by atoms with Gasteiger partial charge in [-0.3, -0.25) is 4.79 Å². The number of hydrogen-bond acceptors (Lipinski definition) is 3. The molecule has 0 saturated carbocycles. The average Bonchev–Trinajstić information content (AvgIpc) is 3.22. The van der Waals surface area contributed by atoms with Crippen LogP contribution in [0.5, 0.6) is 0 Å². The van der Waals surface area contributed by atoms with Gasteiger partial charge in [0.05, 0.1) is 29.9 Å². The third-order valence-electron chi connectivity index (χ3n) is 6.41. The van der Waals surface area contributed by atoms with E-state index in [1.165, 1.54) is 11.1 Å². The Hall–Kier alpha value is -3.96. The first-order valence-corrected chi connectivity index (χ1v) is 12.4. The quantitative estimate of drug-likeness (QED) is 0.316. The zero-order chi connectivity index (χ0) is 24.9. The molecule has 0 bridgehead atoms. The van der Waals surface area contributed by atoms with Gasteiger partial charge in [0.15, 0.2) is 0 Å². The summed E-state index contributed by atoms with van der Waals surface area (Å²) in [7, 11) is 0. The Kier molecular flexibility index (Phi) is 7.10. The topological polar surface area (TPSA) is 47.4 Å². The Labute approximate surface area is 212 Å². The normalized spacial score (nSPS) is 14.7. The summed E-state index contributed by atoms with van der Waals surface area (Å²) >= 11 is 0. The standard InChI is InChI=1S/C31H31N3O2/c1-23-15-24(2)17-27(16-23)19-33-14-13-29-30(28(31(33)35)18-25-9-5-3-6-10-25)34(21-32-29)22-36-20-26-11-7-4-8-12-26/h3-12,15-18,21H,13-14,19-20,22H2,1-2H3/b28-18-. The molecule has 1 aliphatic rings. The molecule has 5 rings (SSSR count). The summed E-state index contributed by atoms with van der Waals surface area (Å²) in [6.45, 7) is 6.21. The average molecular weight is 478 g/mol. The van der Waals surface area contributed by atoms with E-state index in [4.69, 9.17) is 9.72 Å². The van der Waals surface area contributed by atoms with Crippen LogP contribution < -0.4 is 0 Å². The summed E-state index contributed by atoms with van der Waals surface area (Å²) in [5.74, 6) is 0.0153. The minimum atomic E-state index is 0.0153. The SMILES string of the molecule is Cc1cc(C)cc(CN2CCc3ncn(COCc4ccccc4)c3/C(=C/c3ccccc3)C2=O)c1. The van der Waals surface area contributed by atoms with Crippen LogP contribution in [0.1, 0.15) is 39.2 Å². The minimum Gasteiger partial charge on any atom is -0.356 e. The molecule has 182 valence electrons. The smallest absolute Gasteiger partial charge is 0.256 e. The van der Waals surface area contributed by atoms with E-state index in [0.29, 0.717) is 38.4 Å². The van der Waals surface area contributed by atoms with Gasteiger partial charge in [0.2, 0.25) is 0 Å². The molecule has 0 radical (unpaired) electrons. The summed E-state index contributed by atoms with van der Waals surface area (Å²) in [6.07, 6.45) is 4.47. The zero-order valence-electron chi connectivity index (χ0n) is 20.9. The van der Waals surface area contributed by atoms with E-state index in [1.807, 2.05) is 76.2 Å². The highest BCUT2D eigenvalue weighted by Crippen LogP contribution is 2.29. The molecule has 2 heterocycles. The molecule has 5 heteroatoms. The van der Waals surface area contributed by atoms with E-state index in [0.717, 1.165) is 28.1 Å². The first kappa shape index (κ1) is 23.8. The molecule has 0 aliphatic carbocycles. The highest BCUT2D eigenvalue weighted by atomic mass is 16.5. The lowest BCUT2D eigenvalue weighted by atomic mass is 10.0. The maximum absolute atomic E-state index is 14.0. The summed E-state index contributed by atoms with van der Waals surface area (Å²) < 4.78 is 7.99. The van der Waals surface area contributed by atoms with Gasteiger partial charge in [-0.05, 0) is 36.6 Å². The van der Waals surface area contributed by atoms with Crippen molar-refractivity contribution < 1.29 is 9.53 Å². The van der Waals surface area contributed by atoms with Gasteiger partial charge in [0, 0.05) is 19.5 Å². The Balaban J connectivity index is 1.46. The van der Waals surface area contributed by atoms with Gasteiger partial charge in [-0.2, -0.15) is 0 Å². The molecule has 3 aromatic carbocycles. The zero-order valence-corrected chi connectivity index (χ0v) is 20.9. The molecule has 4 aromatic rings. The van der Waals surface area contributed by atoms with E-state index in [2.05, 4.69) is 32.0 Å². The number of imidazole rings is 1. The number of ether oxygens (including phenoxy) is 1. The number of hydrogen-bond donors (Lipinski definition) is 0. The van der Waals surface area contributed by atoms with Crippen LogP contribution in [0, 0.1) is 13.8 Å². The van der Waals surface area contributed by atoms with Crippen molar-refractivity contribution in [3.8, 4) is 0 Å². The second-order valence-corrected chi connectivity index (χ2v) is 9.41. The maximum Gasteiger partial charge on any atom is 0.256 e. The predicted octanol–water partition coefficient (Wildman–Crippen LogP) is 5.80. The second kappa shape index (κ2) is 10.8. The maximum atomic E-state index is 14.0. The van der Waals surface area contributed by atoms with Crippen LogP contribution in [0.4, 0.5) is 0 Å². The van der Waals surface area contributed by atoms with Crippen LogP contribution in [-0.4, -0.2) is 26.9 Å². The van der Waals surface area contributed by atoms with Crippen molar-refractivity contribution >= 4 is 17.6 Å². The lowest BCUT2D eigenvalue weighted by Gasteiger charge is -2.22. The summed E-state index contributed by atoms with van der Waals surface area (Å²) in [5.41, 5.74) is 8.08. The van der Waals surface area contributed by atoms with Crippen LogP contribution in [0.25, 0.3) is 11.6 Å². The first-order valence-electron chi connectivity index (χ1n) is 12.4. The minimum absolute atomic E-state index is 0.0153. The Bertz CT molecular complexity index is 1350. The van der Waals surface area contributed by atoms with Crippen molar-refractivity contribution in [1.29, 1.82) is 0 Å². The monoisotopic (exact) mass is 477 g/mol. The summed E-state index contributed by atoms with van der Waals surface area (Å²) in [5, 5.41) is 0. The molecule has 0 unspecified atom stereocenters. The van der Waals surface area contributed by atoms with Gasteiger partial charge in [0.1, 0.15) is 6.73 Å².